The zero-order chi connectivity index (χ0) is 12.6. The van der Waals surface area contributed by atoms with Gasteiger partial charge in [-0.15, -0.1) is 11.3 Å². The normalized spacial score (nSPS) is 11.9. The second kappa shape index (κ2) is 3.98. The second-order valence-electron chi connectivity index (χ2n) is 3.07. The van der Waals surface area contributed by atoms with Crippen molar-refractivity contribution >= 4 is 34.1 Å². The topological polar surface area (TPSA) is 104 Å². The molecule has 0 aliphatic heterocycles. The van der Waals surface area contributed by atoms with Crippen molar-refractivity contribution in [1.29, 1.82) is 0 Å². The Bertz CT molecular complexity index is 714. The number of hydrogen-bond acceptors (Lipinski definition) is 6. The molecule has 8 heteroatoms. The molecule has 2 rings (SSSR count). The number of primary amides is 1. The van der Waals surface area contributed by atoms with E-state index >= 15 is 0 Å². The average molecular weight is 253 g/mol. The van der Waals surface area contributed by atoms with Gasteiger partial charge >= 0.3 is 5.97 Å². The first-order valence-electron chi connectivity index (χ1n) is 4.44. The number of carbonyl (C=O) groups excluding carboxylic acids is 2. The smallest absolute Gasteiger partial charge is 0.332 e. The lowest BCUT2D eigenvalue weighted by molar-refractivity contribution is -0.133. The minimum atomic E-state index is -0.724. The van der Waals surface area contributed by atoms with Crippen LogP contribution < -0.4 is 15.8 Å². The third-order valence-electron chi connectivity index (χ3n) is 2.04. The maximum atomic E-state index is 11.8. The molecule has 7 nitrogen and oxygen atoms in total. The van der Waals surface area contributed by atoms with Crippen LogP contribution in [0, 0.1) is 0 Å². The van der Waals surface area contributed by atoms with Crippen LogP contribution in [0.4, 0.5) is 0 Å². The van der Waals surface area contributed by atoms with Crippen LogP contribution in [0.3, 0.4) is 0 Å². The van der Waals surface area contributed by atoms with Crippen LogP contribution in [0.5, 0.6) is 0 Å². The summed E-state index contributed by atoms with van der Waals surface area (Å²) in [6.45, 7) is 0. The minimum absolute atomic E-state index is 0.0108. The van der Waals surface area contributed by atoms with Gasteiger partial charge < -0.3 is 10.5 Å². The Hall–Kier alpha value is -2.22. The molecule has 88 valence electrons. The molecular weight excluding hydrogens is 246 g/mol. The van der Waals surface area contributed by atoms with E-state index in [4.69, 9.17) is 5.73 Å². The zero-order valence-electron chi connectivity index (χ0n) is 8.67. The number of aromatic nitrogens is 2. The summed E-state index contributed by atoms with van der Waals surface area (Å²) >= 11 is 0.960. The molecule has 2 aromatic rings. The van der Waals surface area contributed by atoms with Gasteiger partial charge in [0.25, 0.3) is 11.5 Å². The van der Waals surface area contributed by atoms with E-state index in [0.29, 0.717) is 4.83 Å². The van der Waals surface area contributed by atoms with Crippen molar-refractivity contribution in [3.8, 4) is 0 Å². The van der Waals surface area contributed by atoms with Crippen molar-refractivity contribution in [2.24, 2.45) is 5.73 Å². The maximum absolute atomic E-state index is 11.8. The van der Waals surface area contributed by atoms with Crippen molar-refractivity contribution < 1.29 is 14.3 Å². The molecule has 0 aliphatic rings. The summed E-state index contributed by atoms with van der Waals surface area (Å²) in [7, 11) is 1.21. The van der Waals surface area contributed by atoms with Crippen LogP contribution in [0.2, 0.25) is 0 Å². The number of esters is 1. The lowest BCUT2D eigenvalue weighted by atomic mass is 10.5. The number of fused-ring (bicyclic) bond motifs is 1. The molecule has 0 saturated heterocycles. The highest BCUT2D eigenvalue weighted by atomic mass is 32.1. The number of imidazole rings is 1. The fraction of sp³-hybridized carbons (Fsp3) is 0.111. The molecule has 0 radical (unpaired) electrons. The summed E-state index contributed by atoms with van der Waals surface area (Å²) in [6, 6.07) is 0. The molecule has 2 heterocycles. The summed E-state index contributed by atoms with van der Waals surface area (Å²) in [6.07, 6.45) is 2.26. The van der Waals surface area contributed by atoms with E-state index in [0.717, 1.165) is 17.4 Å². The van der Waals surface area contributed by atoms with Crippen LogP contribution in [0.1, 0.15) is 10.5 Å². The van der Waals surface area contributed by atoms with Gasteiger partial charge in [0.1, 0.15) is 15.7 Å². The third-order valence-corrected chi connectivity index (χ3v) is 3.14. The van der Waals surface area contributed by atoms with E-state index in [1.807, 2.05) is 0 Å². The highest BCUT2D eigenvalue weighted by molar-refractivity contribution is 7.15. The van der Waals surface area contributed by atoms with Crippen molar-refractivity contribution in [3.05, 3.63) is 26.9 Å². The summed E-state index contributed by atoms with van der Waals surface area (Å²) in [5.41, 5.74) is 4.68. The Morgan fingerprint density at radius 3 is 2.88 bits per heavy atom. The van der Waals surface area contributed by atoms with Crippen molar-refractivity contribution in [2.45, 2.75) is 0 Å². The van der Waals surface area contributed by atoms with Gasteiger partial charge in [-0.2, -0.15) is 0 Å². The van der Waals surface area contributed by atoms with Crippen molar-refractivity contribution in [1.82, 2.24) is 9.38 Å². The van der Waals surface area contributed by atoms with Gasteiger partial charge in [0.05, 0.1) is 7.11 Å². The Balaban J connectivity index is 2.74. The van der Waals surface area contributed by atoms with Crippen LogP contribution in [0.25, 0.3) is 10.9 Å². The molecule has 2 aromatic heterocycles. The molecule has 0 aromatic carbocycles. The Kier molecular flexibility index (Phi) is 2.64. The van der Waals surface area contributed by atoms with Gasteiger partial charge in [-0.05, 0) is 0 Å². The summed E-state index contributed by atoms with van der Waals surface area (Å²) < 4.78 is 5.75. The van der Waals surface area contributed by atoms with Gasteiger partial charge in [-0.3, -0.25) is 14.0 Å². The first-order chi connectivity index (χ1) is 8.04. The number of methoxy groups -OCH3 is 1. The number of nitrogens with zero attached hydrogens (tertiary/aromatic N) is 2. The fourth-order valence-electron chi connectivity index (χ4n) is 1.27. The lowest BCUT2D eigenvalue weighted by Gasteiger charge is -1.85. The number of hydrogen-bond donors (Lipinski definition) is 1. The number of carbonyl (C=O) groups is 2. The molecule has 0 spiro atoms. The lowest BCUT2D eigenvalue weighted by Crippen LogP contribution is -2.23. The quantitative estimate of drug-likeness (QED) is 0.658. The largest absolute Gasteiger partial charge is 0.466 e. The van der Waals surface area contributed by atoms with Gasteiger partial charge in [-0.25, -0.2) is 9.78 Å². The Morgan fingerprint density at radius 1 is 1.59 bits per heavy atom. The number of thiazole rings is 1. The maximum Gasteiger partial charge on any atom is 0.332 e. The average Bonchev–Trinajstić information content (AvgIpc) is 2.81. The number of nitrogens with two attached hydrogens (primary N) is 1. The predicted molar refractivity (Wildman–Crippen MR) is 59.6 cm³/mol. The highest BCUT2D eigenvalue weighted by Gasteiger charge is 2.14. The van der Waals surface area contributed by atoms with E-state index in [1.54, 1.807) is 0 Å². The molecule has 1 amide bonds. The summed E-state index contributed by atoms with van der Waals surface area (Å²) in [5.74, 6) is -1.36. The van der Waals surface area contributed by atoms with Crippen molar-refractivity contribution in [3.63, 3.8) is 0 Å². The first-order valence-corrected chi connectivity index (χ1v) is 5.25. The molecule has 0 atom stereocenters. The monoisotopic (exact) mass is 253 g/mol. The summed E-state index contributed by atoms with van der Waals surface area (Å²) in [5, 5.41) is 0. The van der Waals surface area contributed by atoms with E-state index in [9.17, 15) is 14.4 Å². The summed E-state index contributed by atoms with van der Waals surface area (Å²) in [4.78, 5) is 37.8. The first kappa shape index (κ1) is 11.3. The highest BCUT2D eigenvalue weighted by Crippen LogP contribution is 2.09. The van der Waals surface area contributed by atoms with Gasteiger partial charge in [-0.1, -0.05) is 0 Å². The van der Waals surface area contributed by atoms with Crippen LogP contribution in [-0.4, -0.2) is 28.4 Å². The Morgan fingerprint density at radius 2 is 2.29 bits per heavy atom. The zero-order valence-corrected chi connectivity index (χ0v) is 9.48. The van der Waals surface area contributed by atoms with E-state index in [2.05, 4.69) is 9.72 Å². The predicted octanol–water partition coefficient (Wildman–Crippen LogP) is -1.47. The second-order valence-corrected chi connectivity index (χ2v) is 4.10. The molecule has 0 unspecified atom stereocenters. The molecule has 0 saturated carbocycles. The van der Waals surface area contributed by atoms with E-state index < -0.39 is 17.4 Å². The van der Waals surface area contributed by atoms with Gasteiger partial charge in [0.15, 0.2) is 5.69 Å². The molecule has 0 bridgehead atoms. The molecule has 2 N–H and O–H groups in total. The minimum Gasteiger partial charge on any atom is -0.466 e. The molecule has 0 fully saturated rings. The van der Waals surface area contributed by atoms with Crippen molar-refractivity contribution in [2.75, 3.05) is 7.11 Å². The molecular formula is C9H7N3O4S. The van der Waals surface area contributed by atoms with Crippen LogP contribution >= 0.6 is 11.3 Å². The standard InChI is InChI=1S/C9H7N3O4S/c1-16-5(13)2-4-8(15)12-3-11-6(7(10)14)9(12)17-4/h2-3H,1H3,(H2,10,14)/b4-2-. The van der Waals surface area contributed by atoms with Crippen LogP contribution in [-0.2, 0) is 9.53 Å². The fourth-order valence-corrected chi connectivity index (χ4v) is 2.30. The number of amides is 1. The number of ether oxygens (including phenoxy) is 1. The Labute approximate surface area is 98.1 Å². The van der Waals surface area contributed by atoms with Gasteiger partial charge in [0, 0.05) is 6.08 Å². The van der Waals surface area contributed by atoms with E-state index in [-0.39, 0.29) is 10.2 Å². The van der Waals surface area contributed by atoms with Crippen LogP contribution in [0.15, 0.2) is 11.1 Å². The third kappa shape index (κ3) is 1.78. The SMILES string of the molecule is COC(=O)/C=c1\sc2c(C(N)=O)ncn2c1=O. The molecule has 0 aliphatic carbocycles. The molecule has 17 heavy (non-hydrogen) atoms. The van der Waals surface area contributed by atoms with E-state index in [1.165, 1.54) is 17.8 Å². The van der Waals surface area contributed by atoms with Gasteiger partial charge in [0.2, 0.25) is 0 Å². The number of rotatable bonds is 2.